The summed E-state index contributed by atoms with van der Waals surface area (Å²) in [5.41, 5.74) is 2.39. The third kappa shape index (κ3) is 2.74. The molecule has 114 valence electrons. The van der Waals surface area contributed by atoms with Crippen LogP contribution < -0.4 is 5.56 Å². The van der Waals surface area contributed by atoms with Gasteiger partial charge in [-0.2, -0.15) is 0 Å². The second-order valence-corrected chi connectivity index (χ2v) is 6.60. The lowest BCUT2D eigenvalue weighted by molar-refractivity contribution is 0.875. The topological polar surface area (TPSA) is 63.1 Å². The van der Waals surface area contributed by atoms with Gasteiger partial charge in [-0.05, 0) is 31.5 Å². The van der Waals surface area contributed by atoms with Crippen LogP contribution in [0.1, 0.15) is 16.8 Å². The number of hydrogen-bond acceptors (Lipinski definition) is 4. The minimum Gasteiger partial charge on any atom is -0.290 e. The highest BCUT2D eigenvalue weighted by Gasteiger charge is 2.12. The van der Waals surface area contributed by atoms with Crippen molar-refractivity contribution in [3.05, 3.63) is 55.4 Å². The van der Waals surface area contributed by atoms with E-state index in [4.69, 9.17) is 23.2 Å². The predicted octanol–water partition coefficient (Wildman–Crippen LogP) is 3.63. The molecule has 2 heterocycles. The molecule has 0 unspecified atom stereocenters. The molecule has 3 rings (SSSR count). The summed E-state index contributed by atoms with van der Waals surface area (Å²) in [7, 11) is 0. The lowest BCUT2D eigenvalue weighted by Gasteiger charge is -2.06. The normalized spacial score (nSPS) is 11.3. The van der Waals surface area contributed by atoms with Crippen molar-refractivity contribution >= 4 is 40.7 Å². The van der Waals surface area contributed by atoms with Gasteiger partial charge in [0.2, 0.25) is 5.78 Å². The highest BCUT2D eigenvalue weighted by molar-refractivity contribution is 7.98. The summed E-state index contributed by atoms with van der Waals surface area (Å²) >= 11 is 13.4. The predicted molar refractivity (Wildman–Crippen MR) is 89.1 cm³/mol. The van der Waals surface area contributed by atoms with Crippen LogP contribution >= 0.6 is 35.0 Å². The van der Waals surface area contributed by atoms with E-state index in [9.17, 15) is 4.79 Å². The number of aromatic nitrogens is 4. The quantitative estimate of drug-likeness (QED) is 0.729. The van der Waals surface area contributed by atoms with Gasteiger partial charge in [-0.15, -0.1) is 10.2 Å². The monoisotopic (exact) mass is 354 g/mol. The summed E-state index contributed by atoms with van der Waals surface area (Å²) in [5.74, 6) is 1.12. The van der Waals surface area contributed by atoms with Crippen LogP contribution in [-0.4, -0.2) is 19.6 Å². The Bertz CT molecular complexity index is 919. The van der Waals surface area contributed by atoms with E-state index in [1.165, 1.54) is 11.8 Å². The van der Waals surface area contributed by atoms with Gasteiger partial charge in [0.15, 0.2) is 5.16 Å². The summed E-state index contributed by atoms with van der Waals surface area (Å²) in [5, 5.41) is 9.94. The summed E-state index contributed by atoms with van der Waals surface area (Å²) in [4.78, 5) is 14.5. The van der Waals surface area contributed by atoms with Gasteiger partial charge in [0.25, 0.3) is 5.56 Å². The van der Waals surface area contributed by atoms with Crippen LogP contribution in [0.2, 0.25) is 10.0 Å². The van der Waals surface area contributed by atoms with Gasteiger partial charge in [0.1, 0.15) is 0 Å². The van der Waals surface area contributed by atoms with Gasteiger partial charge >= 0.3 is 0 Å². The molecule has 0 bridgehead atoms. The highest BCUT2D eigenvalue weighted by Crippen LogP contribution is 2.27. The lowest BCUT2D eigenvalue weighted by Crippen LogP contribution is -2.15. The molecule has 0 radical (unpaired) electrons. The molecule has 1 aromatic carbocycles. The van der Waals surface area contributed by atoms with E-state index in [2.05, 4.69) is 15.2 Å². The maximum Gasteiger partial charge on any atom is 0.255 e. The van der Waals surface area contributed by atoms with Crippen LogP contribution in [0.5, 0.6) is 0 Å². The second kappa shape index (κ2) is 5.95. The van der Waals surface area contributed by atoms with Crippen molar-refractivity contribution in [1.82, 2.24) is 19.6 Å². The molecule has 0 aliphatic heterocycles. The number of aryl methyl sites for hydroxylation is 1. The zero-order valence-electron chi connectivity index (χ0n) is 11.9. The largest absolute Gasteiger partial charge is 0.290 e. The molecule has 0 aliphatic carbocycles. The van der Waals surface area contributed by atoms with Crippen molar-refractivity contribution in [2.75, 3.05) is 0 Å². The van der Waals surface area contributed by atoms with Crippen molar-refractivity contribution in [2.24, 2.45) is 0 Å². The SMILES string of the molecule is Cc1c(C)n2c(SCc3ccc(Cl)c(Cl)c3)nnc2[nH]c1=O. The van der Waals surface area contributed by atoms with Gasteiger partial charge < -0.3 is 0 Å². The Labute approximate surface area is 140 Å². The lowest BCUT2D eigenvalue weighted by atomic mass is 10.2. The van der Waals surface area contributed by atoms with Crippen molar-refractivity contribution in [2.45, 2.75) is 24.8 Å². The van der Waals surface area contributed by atoms with Crippen LogP contribution in [-0.2, 0) is 5.75 Å². The van der Waals surface area contributed by atoms with Gasteiger partial charge in [-0.25, -0.2) is 0 Å². The maximum absolute atomic E-state index is 11.7. The molecule has 8 heteroatoms. The number of benzene rings is 1. The number of nitrogens with zero attached hydrogens (tertiary/aromatic N) is 3. The average Bonchev–Trinajstić information content (AvgIpc) is 2.89. The number of rotatable bonds is 3. The minimum absolute atomic E-state index is 0.140. The summed E-state index contributed by atoms with van der Waals surface area (Å²) in [6.45, 7) is 3.66. The Kier molecular flexibility index (Phi) is 4.16. The van der Waals surface area contributed by atoms with E-state index in [1.807, 2.05) is 23.5 Å². The molecule has 0 saturated carbocycles. The van der Waals surface area contributed by atoms with Gasteiger partial charge in [0.05, 0.1) is 10.0 Å². The number of H-pyrrole nitrogens is 1. The van der Waals surface area contributed by atoms with Crippen LogP contribution in [0.4, 0.5) is 0 Å². The molecule has 0 spiro atoms. The second-order valence-electron chi connectivity index (χ2n) is 4.84. The van der Waals surface area contributed by atoms with E-state index in [-0.39, 0.29) is 5.56 Å². The minimum atomic E-state index is -0.140. The van der Waals surface area contributed by atoms with Gasteiger partial charge in [-0.3, -0.25) is 14.2 Å². The van der Waals surface area contributed by atoms with Crippen molar-refractivity contribution in [3.8, 4) is 0 Å². The Hall–Kier alpha value is -1.50. The first-order chi connectivity index (χ1) is 10.5. The molecule has 22 heavy (non-hydrogen) atoms. The Balaban J connectivity index is 1.93. The number of hydrogen-bond donors (Lipinski definition) is 1. The molecule has 0 atom stereocenters. The molecular formula is C14H12Cl2N4OS. The van der Waals surface area contributed by atoms with Gasteiger partial charge in [0, 0.05) is 17.0 Å². The molecular weight excluding hydrogens is 343 g/mol. The van der Waals surface area contributed by atoms with Crippen LogP contribution in [0.3, 0.4) is 0 Å². The standard InChI is InChI=1S/C14H12Cl2N4OS/c1-7-8(2)20-13(17-12(7)21)18-19-14(20)22-6-9-3-4-10(15)11(16)5-9/h3-5H,6H2,1-2H3,(H,17,18,21). The van der Waals surface area contributed by atoms with Crippen molar-refractivity contribution < 1.29 is 0 Å². The molecule has 1 N–H and O–H groups in total. The summed E-state index contributed by atoms with van der Waals surface area (Å²) < 4.78 is 1.85. The molecule has 0 fully saturated rings. The van der Waals surface area contributed by atoms with Crippen LogP contribution in [0.15, 0.2) is 28.2 Å². The van der Waals surface area contributed by atoms with Gasteiger partial charge in [-0.1, -0.05) is 41.0 Å². The fourth-order valence-electron chi connectivity index (χ4n) is 2.05. The maximum atomic E-state index is 11.7. The van der Waals surface area contributed by atoms with E-state index in [0.717, 1.165) is 16.4 Å². The molecule has 2 aromatic heterocycles. The first-order valence-corrected chi connectivity index (χ1v) is 8.23. The zero-order valence-corrected chi connectivity index (χ0v) is 14.2. The number of thioether (sulfide) groups is 1. The smallest absolute Gasteiger partial charge is 0.255 e. The molecule has 0 aliphatic rings. The summed E-state index contributed by atoms with van der Waals surface area (Å²) in [6, 6.07) is 5.53. The Morgan fingerprint density at radius 2 is 2.00 bits per heavy atom. The highest BCUT2D eigenvalue weighted by atomic mass is 35.5. The molecule has 3 aromatic rings. The van der Waals surface area contributed by atoms with E-state index >= 15 is 0 Å². The molecule has 5 nitrogen and oxygen atoms in total. The number of aromatic amines is 1. The fourth-order valence-corrected chi connectivity index (χ4v) is 3.30. The van der Waals surface area contributed by atoms with Crippen molar-refractivity contribution in [1.29, 1.82) is 0 Å². The molecule has 0 amide bonds. The first-order valence-electron chi connectivity index (χ1n) is 6.48. The summed E-state index contributed by atoms with van der Waals surface area (Å²) in [6.07, 6.45) is 0. The zero-order chi connectivity index (χ0) is 15.9. The number of fused-ring (bicyclic) bond motifs is 1. The Morgan fingerprint density at radius 1 is 1.23 bits per heavy atom. The third-order valence-electron chi connectivity index (χ3n) is 3.43. The van der Waals surface area contributed by atoms with Crippen molar-refractivity contribution in [3.63, 3.8) is 0 Å². The first kappa shape index (κ1) is 15.4. The van der Waals surface area contributed by atoms with E-state index < -0.39 is 0 Å². The number of nitrogens with one attached hydrogen (secondary N) is 1. The Morgan fingerprint density at radius 3 is 2.73 bits per heavy atom. The van der Waals surface area contributed by atoms with Crippen LogP contribution in [0, 0.1) is 13.8 Å². The van der Waals surface area contributed by atoms with E-state index in [1.54, 1.807) is 13.0 Å². The number of halogens is 2. The average molecular weight is 355 g/mol. The fraction of sp³-hybridized carbons (Fsp3) is 0.214. The third-order valence-corrected chi connectivity index (χ3v) is 5.17. The molecule has 0 saturated heterocycles. The van der Waals surface area contributed by atoms with Crippen LogP contribution in [0.25, 0.3) is 5.78 Å². The van der Waals surface area contributed by atoms with E-state index in [0.29, 0.717) is 27.1 Å².